The normalized spacial score (nSPS) is 10.7. The molecule has 0 saturated carbocycles. The smallest absolute Gasteiger partial charge is 0.320 e. The second-order valence-electron chi connectivity index (χ2n) is 5.42. The molecule has 0 aromatic heterocycles. The lowest BCUT2D eigenvalue weighted by Gasteiger charge is -2.21. The van der Waals surface area contributed by atoms with E-state index >= 15 is 0 Å². The van der Waals surface area contributed by atoms with Crippen molar-refractivity contribution in [2.45, 2.75) is 13.5 Å². The minimum Gasteiger partial charge on any atom is -0.491 e. The Bertz CT molecular complexity index is 680. The van der Waals surface area contributed by atoms with Crippen LogP contribution in [0.15, 0.2) is 48.5 Å². The molecule has 4 nitrogen and oxygen atoms in total. The third kappa shape index (κ3) is 6.94. The summed E-state index contributed by atoms with van der Waals surface area (Å²) in [6.45, 7) is 3.97. The van der Waals surface area contributed by atoms with Crippen LogP contribution in [0.5, 0.6) is 5.75 Å². The zero-order valence-corrected chi connectivity index (χ0v) is 15.6. The molecule has 0 heterocycles. The fourth-order valence-electron chi connectivity index (χ4n) is 2.32. The molecule has 0 aliphatic heterocycles. The van der Waals surface area contributed by atoms with Crippen molar-refractivity contribution in [3.8, 4) is 5.75 Å². The third-order valence-electron chi connectivity index (χ3n) is 3.47. The van der Waals surface area contributed by atoms with Crippen molar-refractivity contribution in [2.24, 2.45) is 0 Å². The molecule has 0 saturated heterocycles. The van der Waals surface area contributed by atoms with E-state index < -0.39 is 0 Å². The Balaban J connectivity index is 1.93. The predicted molar refractivity (Wildman–Crippen MR) is 100 cm³/mol. The van der Waals surface area contributed by atoms with Crippen LogP contribution < -0.4 is 4.74 Å². The highest BCUT2D eigenvalue weighted by atomic mass is 35.5. The molecule has 25 heavy (non-hydrogen) atoms. The first-order chi connectivity index (χ1) is 12.1. The Kier molecular flexibility index (Phi) is 8.06. The second kappa shape index (κ2) is 10.3. The van der Waals surface area contributed by atoms with Gasteiger partial charge >= 0.3 is 5.97 Å². The molecule has 0 spiro atoms. The Hall–Kier alpha value is -1.75. The summed E-state index contributed by atoms with van der Waals surface area (Å²) in [6, 6.07) is 15.1. The average molecular weight is 382 g/mol. The Morgan fingerprint density at radius 1 is 1.12 bits per heavy atom. The van der Waals surface area contributed by atoms with Gasteiger partial charge in [0.2, 0.25) is 0 Å². The van der Waals surface area contributed by atoms with Crippen LogP contribution in [0.4, 0.5) is 0 Å². The van der Waals surface area contributed by atoms with E-state index in [1.807, 2.05) is 35.2 Å². The summed E-state index contributed by atoms with van der Waals surface area (Å²) in [4.78, 5) is 13.8. The lowest BCUT2D eigenvalue weighted by atomic mass is 10.2. The van der Waals surface area contributed by atoms with E-state index in [1.165, 1.54) is 0 Å². The lowest BCUT2D eigenvalue weighted by Crippen LogP contribution is -2.34. The standard InChI is InChI=1S/C19H21Cl2NO3/c1-2-24-19(23)14-22(13-15-6-4-3-5-7-15)10-11-25-18-9-8-16(20)12-17(18)21/h3-9,12H,2,10-11,13-14H2,1H3. The number of esters is 1. The maximum absolute atomic E-state index is 11.8. The molecule has 2 aromatic carbocycles. The lowest BCUT2D eigenvalue weighted by molar-refractivity contribution is -0.144. The van der Waals surface area contributed by atoms with E-state index in [2.05, 4.69) is 0 Å². The molecule has 0 aliphatic carbocycles. The number of halogens is 2. The van der Waals surface area contributed by atoms with Crippen molar-refractivity contribution in [1.29, 1.82) is 0 Å². The molecule has 0 amide bonds. The molecule has 0 fully saturated rings. The van der Waals surface area contributed by atoms with Crippen molar-refractivity contribution in [3.05, 3.63) is 64.1 Å². The first-order valence-corrected chi connectivity index (χ1v) is 8.84. The van der Waals surface area contributed by atoms with Crippen LogP contribution in [-0.4, -0.2) is 37.2 Å². The van der Waals surface area contributed by atoms with Crippen molar-refractivity contribution in [3.63, 3.8) is 0 Å². The van der Waals surface area contributed by atoms with Gasteiger partial charge in [-0.2, -0.15) is 0 Å². The van der Waals surface area contributed by atoms with Gasteiger partial charge < -0.3 is 9.47 Å². The summed E-state index contributed by atoms with van der Waals surface area (Å²) >= 11 is 12.0. The van der Waals surface area contributed by atoms with Gasteiger partial charge in [0.15, 0.2) is 0 Å². The Labute approximate surface area is 158 Å². The van der Waals surface area contributed by atoms with Gasteiger partial charge in [-0.15, -0.1) is 0 Å². The van der Waals surface area contributed by atoms with E-state index in [-0.39, 0.29) is 12.5 Å². The number of carbonyl (C=O) groups is 1. The number of benzene rings is 2. The van der Waals surface area contributed by atoms with Gasteiger partial charge in [-0.25, -0.2) is 0 Å². The maximum Gasteiger partial charge on any atom is 0.320 e. The highest BCUT2D eigenvalue weighted by Crippen LogP contribution is 2.27. The molecule has 0 aliphatic rings. The Morgan fingerprint density at radius 3 is 2.56 bits per heavy atom. The minimum absolute atomic E-state index is 0.209. The maximum atomic E-state index is 11.8. The van der Waals surface area contributed by atoms with E-state index in [1.54, 1.807) is 25.1 Å². The first kappa shape index (κ1) is 19.6. The van der Waals surface area contributed by atoms with Crippen LogP contribution >= 0.6 is 23.2 Å². The van der Waals surface area contributed by atoms with Gasteiger partial charge in [0, 0.05) is 18.1 Å². The van der Waals surface area contributed by atoms with Crippen LogP contribution in [0, 0.1) is 0 Å². The number of carbonyl (C=O) groups excluding carboxylic acids is 1. The fourth-order valence-corrected chi connectivity index (χ4v) is 2.78. The zero-order valence-electron chi connectivity index (χ0n) is 14.1. The average Bonchev–Trinajstić information content (AvgIpc) is 2.58. The molecular weight excluding hydrogens is 361 g/mol. The molecule has 0 radical (unpaired) electrons. The molecule has 134 valence electrons. The summed E-state index contributed by atoms with van der Waals surface area (Å²) in [7, 11) is 0. The second-order valence-corrected chi connectivity index (χ2v) is 6.27. The van der Waals surface area contributed by atoms with E-state index in [0.717, 1.165) is 5.56 Å². The highest BCUT2D eigenvalue weighted by molar-refractivity contribution is 6.35. The van der Waals surface area contributed by atoms with Crippen LogP contribution in [0.3, 0.4) is 0 Å². The monoisotopic (exact) mass is 381 g/mol. The van der Waals surface area contributed by atoms with Gasteiger partial charge in [-0.05, 0) is 30.7 Å². The fraction of sp³-hybridized carbons (Fsp3) is 0.316. The van der Waals surface area contributed by atoms with Crippen LogP contribution in [0.25, 0.3) is 0 Å². The largest absolute Gasteiger partial charge is 0.491 e. The van der Waals surface area contributed by atoms with Crippen LogP contribution in [0.1, 0.15) is 12.5 Å². The summed E-state index contributed by atoms with van der Waals surface area (Å²) in [5.41, 5.74) is 1.12. The third-order valence-corrected chi connectivity index (χ3v) is 4.00. The van der Waals surface area contributed by atoms with Gasteiger partial charge in [-0.3, -0.25) is 9.69 Å². The number of ether oxygens (including phenoxy) is 2. The van der Waals surface area contributed by atoms with Gasteiger partial charge in [0.1, 0.15) is 12.4 Å². The van der Waals surface area contributed by atoms with E-state index in [0.29, 0.717) is 42.1 Å². The minimum atomic E-state index is -0.247. The van der Waals surface area contributed by atoms with Crippen molar-refractivity contribution in [1.82, 2.24) is 4.90 Å². The molecule has 0 unspecified atom stereocenters. The molecule has 6 heteroatoms. The summed E-state index contributed by atoms with van der Waals surface area (Å²) < 4.78 is 10.8. The highest BCUT2D eigenvalue weighted by Gasteiger charge is 2.13. The van der Waals surface area contributed by atoms with Gasteiger partial charge in [0.05, 0.1) is 18.2 Å². The summed E-state index contributed by atoms with van der Waals surface area (Å²) in [5, 5.41) is 1.03. The molecular formula is C19H21Cl2NO3. The molecule has 2 aromatic rings. The topological polar surface area (TPSA) is 38.8 Å². The quantitative estimate of drug-likeness (QED) is 0.601. The van der Waals surface area contributed by atoms with Crippen molar-refractivity contribution in [2.75, 3.05) is 26.3 Å². The van der Waals surface area contributed by atoms with Crippen LogP contribution in [0.2, 0.25) is 10.0 Å². The Morgan fingerprint density at radius 2 is 1.88 bits per heavy atom. The first-order valence-electron chi connectivity index (χ1n) is 8.08. The molecule has 0 atom stereocenters. The van der Waals surface area contributed by atoms with Crippen LogP contribution in [-0.2, 0) is 16.1 Å². The van der Waals surface area contributed by atoms with Gasteiger partial charge in [0.25, 0.3) is 0 Å². The number of rotatable bonds is 9. The molecule has 0 bridgehead atoms. The zero-order chi connectivity index (χ0) is 18.1. The summed E-state index contributed by atoms with van der Waals surface area (Å²) in [5.74, 6) is 0.324. The molecule has 0 N–H and O–H groups in total. The predicted octanol–water partition coefficient (Wildman–Crippen LogP) is 4.44. The van der Waals surface area contributed by atoms with Crippen molar-refractivity contribution < 1.29 is 14.3 Å². The summed E-state index contributed by atoms with van der Waals surface area (Å²) in [6.07, 6.45) is 0. The van der Waals surface area contributed by atoms with Crippen molar-refractivity contribution >= 4 is 29.2 Å². The number of hydrogen-bond acceptors (Lipinski definition) is 4. The van der Waals surface area contributed by atoms with E-state index in [9.17, 15) is 4.79 Å². The SMILES string of the molecule is CCOC(=O)CN(CCOc1ccc(Cl)cc1Cl)Cc1ccccc1. The van der Waals surface area contributed by atoms with Gasteiger partial charge in [-0.1, -0.05) is 53.5 Å². The number of hydrogen-bond donors (Lipinski definition) is 0. The van der Waals surface area contributed by atoms with E-state index in [4.69, 9.17) is 32.7 Å². The number of nitrogens with zero attached hydrogens (tertiary/aromatic N) is 1. The molecule has 2 rings (SSSR count).